The Morgan fingerprint density at radius 3 is 2.60 bits per heavy atom. The highest BCUT2D eigenvalue weighted by Gasteiger charge is 2.28. The molecule has 25 heavy (non-hydrogen) atoms. The monoisotopic (exact) mass is 409 g/mol. The Kier molecular flexibility index (Phi) is 5.97. The van der Waals surface area contributed by atoms with Crippen molar-refractivity contribution in [2.75, 3.05) is 14.2 Å². The average Bonchev–Trinajstić information content (AvgIpc) is 2.60. The van der Waals surface area contributed by atoms with Gasteiger partial charge in [-0.05, 0) is 17.7 Å². The smallest absolute Gasteiger partial charge is 0.343 e. The first-order chi connectivity index (χ1) is 11.9. The third-order valence-corrected chi connectivity index (χ3v) is 4.20. The van der Waals surface area contributed by atoms with Gasteiger partial charge < -0.3 is 19.6 Å². The predicted molar refractivity (Wildman–Crippen MR) is 92.7 cm³/mol. The fourth-order valence-electron chi connectivity index (χ4n) is 2.49. The van der Waals surface area contributed by atoms with Gasteiger partial charge in [0.2, 0.25) is 0 Å². The van der Waals surface area contributed by atoms with Gasteiger partial charge in [0, 0.05) is 16.6 Å². The zero-order chi connectivity index (χ0) is 18.6. The molecule has 0 saturated heterocycles. The SMILES string of the molecule is COC(=O)CC(c1cccc(Br)c1)c1c(O)c(C(=O)OC)c[nH]c1=O. The predicted octanol–water partition coefficient (Wildman–Crippen LogP) is 2.32. The zero-order valence-electron chi connectivity index (χ0n) is 13.5. The summed E-state index contributed by atoms with van der Waals surface area (Å²) in [5.41, 5.74) is -0.310. The Bertz CT molecular complexity index is 860. The van der Waals surface area contributed by atoms with Crippen LogP contribution in [0.3, 0.4) is 0 Å². The molecule has 2 N–H and O–H groups in total. The van der Waals surface area contributed by atoms with Crippen LogP contribution in [0.15, 0.2) is 39.7 Å². The van der Waals surface area contributed by atoms with Crippen molar-refractivity contribution >= 4 is 27.9 Å². The molecular weight excluding hydrogens is 394 g/mol. The first-order valence-electron chi connectivity index (χ1n) is 7.24. The molecule has 0 amide bonds. The highest BCUT2D eigenvalue weighted by Crippen LogP contribution is 2.34. The first-order valence-corrected chi connectivity index (χ1v) is 8.03. The van der Waals surface area contributed by atoms with Gasteiger partial charge in [-0.3, -0.25) is 9.59 Å². The Labute approximate surface area is 151 Å². The Morgan fingerprint density at radius 2 is 2.00 bits per heavy atom. The number of carbonyl (C=O) groups is 2. The van der Waals surface area contributed by atoms with E-state index in [1.54, 1.807) is 24.3 Å². The lowest BCUT2D eigenvalue weighted by Crippen LogP contribution is -2.22. The van der Waals surface area contributed by atoms with Crippen LogP contribution in [-0.2, 0) is 14.3 Å². The molecule has 0 bridgehead atoms. The largest absolute Gasteiger partial charge is 0.506 e. The molecule has 1 unspecified atom stereocenters. The number of carbonyl (C=O) groups excluding carboxylic acids is 2. The van der Waals surface area contributed by atoms with E-state index < -0.39 is 29.2 Å². The molecule has 2 rings (SSSR count). The van der Waals surface area contributed by atoms with Gasteiger partial charge in [-0.25, -0.2) is 4.79 Å². The molecule has 1 aromatic carbocycles. The first kappa shape index (κ1) is 18.7. The number of rotatable bonds is 5. The molecule has 0 aliphatic heterocycles. The molecule has 2 aromatic rings. The van der Waals surface area contributed by atoms with Crippen LogP contribution in [0, 0.1) is 0 Å². The third kappa shape index (κ3) is 4.08. The molecule has 0 fully saturated rings. The van der Waals surface area contributed by atoms with Crippen LogP contribution in [0.25, 0.3) is 0 Å². The quantitative estimate of drug-likeness (QED) is 0.733. The van der Waals surface area contributed by atoms with E-state index >= 15 is 0 Å². The lowest BCUT2D eigenvalue weighted by Gasteiger charge is -2.18. The van der Waals surface area contributed by atoms with Crippen molar-refractivity contribution in [2.24, 2.45) is 0 Å². The number of ether oxygens (including phenoxy) is 2. The maximum Gasteiger partial charge on any atom is 0.343 e. The number of halogens is 1. The van der Waals surface area contributed by atoms with Crippen molar-refractivity contribution in [1.82, 2.24) is 4.98 Å². The van der Waals surface area contributed by atoms with Crippen LogP contribution in [0.4, 0.5) is 0 Å². The Balaban J connectivity index is 2.67. The minimum absolute atomic E-state index is 0.105. The van der Waals surface area contributed by atoms with E-state index in [1.807, 2.05) is 0 Å². The number of aromatic hydroxyl groups is 1. The summed E-state index contributed by atoms with van der Waals surface area (Å²) in [6.07, 6.45) is 0.886. The number of benzene rings is 1. The fraction of sp³-hybridized carbons (Fsp3) is 0.235. The standard InChI is InChI=1S/C17H16BrNO6/c1-24-13(20)7-11(9-4-3-5-10(18)6-9)14-15(21)12(17(23)25-2)8-19-16(14)22/h3-6,8,11H,7H2,1-2H3,(H2,19,21,22). The lowest BCUT2D eigenvalue weighted by atomic mass is 9.88. The molecule has 0 aliphatic rings. The van der Waals surface area contributed by atoms with Crippen LogP contribution in [-0.4, -0.2) is 36.2 Å². The second-order valence-electron chi connectivity index (χ2n) is 5.17. The number of aromatic amines is 1. The maximum atomic E-state index is 12.3. The van der Waals surface area contributed by atoms with Gasteiger partial charge in [0.15, 0.2) is 0 Å². The fourth-order valence-corrected chi connectivity index (χ4v) is 2.90. The molecule has 8 heteroatoms. The summed E-state index contributed by atoms with van der Waals surface area (Å²) in [5.74, 6) is -2.70. The van der Waals surface area contributed by atoms with Crippen LogP contribution >= 0.6 is 15.9 Å². The molecule has 1 aromatic heterocycles. The molecular formula is C17H16BrNO6. The van der Waals surface area contributed by atoms with E-state index in [-0.39, 0.29) is 17.5 Å². The number of hydrogen-bond acceptors (Lipinski definition) is 6. The van der Waals surface area contributed by atoms with Gasteiger partial charge in [-0.15, -0.1) is 0 Å². The van der Waals surface area contributed by atoms with Crippen LogP contribution in [0.1, 0.15) is 33.8 Å². The maximum absolute atomic E-state index is 12.3. The van der Waals surface area contributed by atoms with Gasteiger partial charge in [0.1, 0.15) is 11.3 Å². The van der Waals surface area contributed by atoms with Crippen molar-refractivity contribution in [3.63, 3.8) is 0 Å². The summed E-state index contributed by atoms with van der Waals surface area (Å²) in [6, 6.07) is 6.95. The van der Waals surface area contributed by atoms with E-state index in [1.165, 1.54) is 7.11 Å². The molecule has 1 atom stereocenters. The molecule has 7 nitrogen and oxygen atoms in total. The van der Waals surface area contributed by atoms with Gasteiger partial charge in [-0.2, -0.15) is 0 Å². The number of H-pyrrole nitrogens is 1. The molecule has 132 valence electrons. The van der Waals surface area contributed by atoms with E-state index in [0.29, 0.717) is 5.56 Å². The zero-order valence-corrected chi connectivity index (χ0v) is 15.1. The number of esters is 2. The summed E-state index contributed by atoms with van der Waals surface area (Å²) in [6.45, 7) is 0. The van der Waals surface area contributed by atoms with Gasteiger partial charge in [0.25, 0.3) is 5.56 Å². The van der Waals surface area contributed by atoms with Crippen molar-refractivity contribution in [3.05, 3.63) is 62.0 Å². The van der Waals surface area contributed by atoms with E-state index in [4.69, 9.17) is 4.74 Å². The van der Waals surface area contributed by atoms with Crippen molar-refractivity contribution in [3.8, 4) is 5.75 Å². The summed E-state index contributed by atoms with van der Waals surface area (Å²) < 4.78 is 10.0. The number of methoxy groups -OCH3 is 2. The molecule has 0 radical (unpaired) electrons. The molecule has 1 heterocycles. The Hall–Kier alpha value is -2.61. The summed E-state index contributed by atoms with van der Waals surface area (Å²) >= 11 is 3.33. The summed E-state index contributed by atoms with van der Waals surface area (Å²) in [5, 5.41) is 10.5. The number of pyridine rings is 1. The lowest BCUT2D eigenvalue weighted by molar-refractivity contribution is -0.140. The minimum atomic E-state index is -0.807. The number of hydrogen-bond donors (Lipinski definition) is 2. The van der Waals surface area contributed by atoms with Crippen molar-refractivity contribution in [1.29, 1.82) is 0 Å². The van der Waals surface area contributed by atoms with E-state index in [2.05, 4.69) is 25.7 Å². The van der Waals surface area contributed by atoms with Gasteiger partial charge >= 0.3 is 11.9 Å². The Morgan fingerprint density at radius 1 is 1.28 bits per heavy atom. The number of aromatic nitrogens is 1. The topological polar surface area (TPSA) is 106 Å². The van der Waals surface area contributed by atoms with Gasteiger partial charge in [-0.1, -0.05) is 28.1 Å². The van der Waals surface area contributed by atoms with Crippen molar-refractivity contribution < 1.29 is 24.2 Å². The second kappa shape index (κ2) is 7.98. The number of nitrogens with one attached hydrogen (secondary N) is 1. The van der Waals surface area contributed by atoms with Gasteiger partial charge in [0.05, 0.1) is 26.2 Å². The van der Waals surface area contributed by atoms with Crippen LogP contribution < -0.4 is 5.56 Å². The highest BCUT2D eigenvalue weighted by molar-refractivity contribution is 9.10. The molecule has 0 spiro atoms. The second-order valence-corrected chi connectivity index (χ2v) is 6.09. The molecule has 0 saturated carbocycles. The van der Waals surface area contributed by atoms with E-state index in [0.717, 1.165) is 17.8 Å². The summed E-state index contributed by atoms with van der Waals surface area (Å²) in [4.78, 5) is 38.4. The van der Waals surface area contributed by atoms with Crippen LogP contribution in [0.2, 0.25) is 0 Å². The van der Waals surface area contributed by atoms with E-state index in [9.17, 15) is 19.5 Å². The van der Waals surface area contributed by atoms with Crippen molar-refractivity contribution in [2.45, 2.75) is 12.3 Å². The average molecular weight is 410 g/mol. The normalized spacial score (nSPS) is 11.6. The summed E-state index contributed by atoms with van der Waals surface area (Å²) in [7, 11) is 2.39. The highest BCUT2D eigenvalue weighted by atomic mass is 79.9. The van der Waals surface area contributed by atoms with Crippen LogP contribution in [0.5, 0.6) is 5.75 Å². The minimum Gasteiger partial charge on any atom is -0.506 e. The molecule has 0 aliphatic carbocycles. The third-order valence-electron chi connectivity index (χ3n) is 3.71.